The van der Waals surface area contributed by atoms with Crippen molar-refractivity contribution in [1.29, 1.82) is 0 Å². The Morgan fingerprint density at radius 2 is 2.05 bits per heavy atom. The van der Waals surface area contributed by atoms with Crippen molar-refractivity contribution in [2.24, 2.45) is 5.73 Å². The summed E-state index contributed by atoms with van der Waals surface area (Å²) in [7, 11) is 0. The van der Waals surface area contributed by atoms with Gasteiger partial charge in [0.25, 0.3) is 0 Å². The molecule has 1 atom stereocenters. The first-order valence-electron chi connectivity index (χ1n) is 6.08. The maximum absolute atomic E-state index is 5.55. The van der Waals surface area contributed by atoms with Crippen LogP contribution in [-0.4, -0.2) is 21.0 Å². The van der Waals surface area contributed by atoms with Crippen molar-refractivity contribution in [3.05, 3.63) is 53.9 Å². The topological polar surface area (TPSA) is 63.8 Å². The summed E-state index contributed by atoms with van der Waals surface area (Å²) in [5.74, 6) is 0.550. The number of rotatable bonds is 5. The van der Waals surface area contributed by atoms with E-state index in [2.05, 4.69) is 34.3 Å². The largest absolute Gasteiger partial charge is 0.388 e. The molecule has 0 aliphatic carbocycles. The van der Waals surface area contributed by atoms with Crippen LogP contribution in [0.15, 0.2) is 42.6 Å². The third kappa shape index (κ3) is 3.99. The van der Waals surface area contributed by atoms with Crippen molar-refractivity contribution in [3.8, 4) is 0 Å². The van der Waals surface area contributed by atoms with Gasteiger partial charge in [-0.2, -0.15) is 0 Å². The van der Waals surface area contributed by atoms with Crippen molar-refractivity contribution in [2.45, 2.75) is 19.4 Å². The molecule has 1 aromatic carbocycles. The van der Waals surface area contributed by atoms with E-state index in [0.29, 0.717) is 11.6 Å². The van der Waals surface area contributed by atoms with Gasteiger partial charge >= 0.3 is 0 Å². The lowest BCUT2D eigenvalue weighted by Crippen LogP contribution is -2.21. The van der Waals surface area contributed by atoms with Crippen LogP contribution in [0, 0.1) is 0 Å². The predicted octanol–water partition coefficient (Wildman–Crippen LogP) is 2.15. The lowest BCUT2D eigenvalue weighted by Gasteiger charge is -2.14. The molecule has 2 rings (SSSR count). The molecule has 1 aromatic heterocycles. The summed E-state index contributed by atoms with van der Waals surface area (Å²) < 4.78 is 0. The fourth-order valence-corrected chi connectivity index (χ4v) is 1.92. The normalized spacial score (nSPS) is 11.8. The van der Waals surface area contributed by atoms with Crippen LogP contribution in [0.5, 0.6) is 0 Å². The van der Waals surface area contributed by atoms with Crippen molar-refractivity contribution in [3.63, 3.8) is 0 Å². The van der Waals surface area contributed by atoms with Crippen LogP contribution in [0.2, 0.25) is 0 Å². The van der Waals surface area contributed by atoms with Crippen LogP contribution < -0.4 is 11.1 Å². The van der Waals surface area contributed by atoms with Gasteiger partial charge in [-0.1, -0.05) is 42.5 Å². The number of hydrogen-bond donors (Lipinski definition) is 2. The number of nitrogens with one attached hydrogen (secondary N) is 1. The van der Waals surface area contributed by atoms with E-state index in [1.165, 1.54) is 5.56 Å². The molecule has 0 fully saturated rings. The predicted molar refractivity (Wildman–Crippen MR) is 81.2 cm³/mol. The molecule has 3 N–H and O–H groups in total. The van der Waals surface area contributed by atoms with Crippen molar-refractivity contribution >= 4 is 23.2 Å². The molecule has 98 valence electrons. The summed E-state index contributed by atoms with van der Waals surface area (Å²) in [4.78, 5) is 8.71. The molecule has 0 amide bonds. The molecule has 0 saturated heterocycles. The minimum atomic E-state index is 0.226. The minimum Gasteiger partial charge on any atom is -0.388 e. The van der Waals surface area contributed by atoms with Gasteiger partial charge in [0.1, 0.15) is 10.7 Å². The standard InChI is InChI=1S/C14H16N4S/c1-10(9-11-5-3-2-4-6-11)17-14-16-8-7-12(18-14)13(15)19/h2-8,10H,9H2,1H3,(H2,15,19)(H,16,17,18). The van der Waals surface area contributed by atoms with Crippen LogP contribution in [0.25, 0.3) is 0 Å². The molecule has 0 spiro atoms. The van der Waals surface area contributed by atoms with Crippen molar-refractivity contribution < 1.29 is 0 Å². The Morgan fingerprint density at radius 3 is 2.74 bits per heavy atom. The van der Waals surface area contributed by atoms with Gasteiger partial charge < -0.3 is 11.1 Å². The molecule has 1 unspecified atom stereocenters. The molecule has 0 aliphatic rings. The first kappa shape index (κ1) is 13.4. The van der Waals surface area contributed by atoms with E-state index in [1.807, 2.05) is 18.2 Å². The van der Waals surface area contributed by atoms with Gasteiger partial charge in [-0.25, -0.2) is 9.97 Å². The third-order valence-corrected chi connectivity index (χ3v) is 2.88. The molecule has 4 nitrogen and oxygen atoms in total. The summed E-state index contributed by atoms with van der Waals surface area (Å²) in [6, 6.07) is 12.2. The van der Waals surface area contributed by atoms with Gasteiger partial charge in [-0.3, -0.25) is 0 Å². The van der Waals surface area contributed by atoms with Crippen molar-refractivity contribution in [2.75, 3.05) is 5.32 Å². The molecule has 0 saturated carbocycles. The second kappa shape index (κ2) is 6.24. The fraction of sp³-hybridized carbons (Fsp3) is 0.214. The monoisotopic (exact) mass is 272 g/mol. The third-order valence-electron chi connectivity index (χ3n) is 2.67. The summed E-state index contributed by atoms with van der Waals surface area (Å²) in [5.41, 5.74) is 7.40. The number of benzene rings is 1. The second-order valence-electron chi connectivity index (χ2n) is 4.36. The summed E-state index contributed by atoms with van der Waals surface area (Å²) in [5, 5.41) is 3.25. The molecule has 1 heterocycles. The van der Waals surface area contributed by atoms with E-state index in [1.54, 1.807) is 12.3 Å². The highest BCUT2D eigenvalue weighted by atomic mass is 32.1. The average Bonchev–Trinajstić information content (AvgIpc) is 2.40. The van der Waals surface area contributed by atoms with Crippen LogP contribution in [0.1, 0.15) is 18.2 Å². The SMILES string of the molecule is CC(Cc1ccccc1)Nc1nccc(C(N)=S)n1. The fourth-order valence-electron chi connectivity index (χ4n) is 1.80. The molecule has 0 aliphatic heterocycles. The Kier molecular flexibility index (Phi) is 4.41. The van der Waals surface area contributed by atoms with Gasteiger partial charge in [0.2, 0.25) is 5.95 Å². The van der Waals surface area contributed by atoms with Crippen LogP contribution in [-0.2, 0) is 6.42 Å². The zero-order chi connectivity index (χ0) is 13.7. The lowest BCUT2D eigenvalue weighted by atomic mass is 10.1. The van der Waals surface area contributed by atoms with E-state index in [-0.39, 0.29) is 11.0 Å². The zero-order valence-corrected chi connectivity index (χ0v) is 11.5. The van der Waals surface area contributed by atoms with Crippen LogP contribution >= 0.6 is 12.2 Å². The van der Waals surface area contributed by atoms with Gasteiger partial charge in [0, 0.05) is 12.2 Å². The molecule has 19 heavy (non-hydrogen) atoms. The summed E-state index contributed by atoms with van der Waals surface area (Å²) >= 11 is 4.90. The van der Waals surface area contributed by atoms with Crippen molar-refractivity contribution in [1.82, 2.24) is 9.97 Å². The maximum atomic E-state index is 5.55. The molecule has 0 radical (unpaired) electrons. The van der Waals surface area contributed by atoms with Crippen LogP contribution in [0.3, 0.4) is 0 Å². The Morgan fingerprint density at radius 1 is 1.32 bits per heavy atom. The quantitative estimate of drug-likeness (QED) is 0.817. The smallest absolute Gasteiger partial charge is 0.223 e. The lowest BCUT2D eigenvalue weighted by molar-refractivity contribution is 0.777. The molecular formula is C14H16N4S. The number of anilines is 1. The number of aromatic nitrogens is 2. The highest BCUT2D eigenvalue weighted by Crippen LogP contribution is 2.07. The van der Waals surface area contributed by atoms with Gasteiger partial charge in [0.15, 0.2) is 0 Å². The summed E-state index contributed by atoms with van der Waals surface area (Å²) in [6.07, 6.45) is 2.56. The highest BCUT2D eigenvalue weighted by molar-refractivity contribution is 7.80. The summed E-state index contributed by atoms with van der Waals surface area (Å²) in [6.45, 7) is 2.09. The van der Waals surface area contributed by atoms with E-state index in [9.17, 15) is 0 Å². The Bertz CT molecular complexity index is 556. The number of nitrogens with zero attached hydrogens (tertiary/aromatic N) is 2. The molecule has 0 bridgehead atoms. The highest BCUT2D eigenvalue weighted by Gasteiger charge is 2.06. The van der Waals surface area contributed by atoms with E-state index in [0.717, 1.165) is 6.42 Å². The van der Waals surface area contributed by atoms with E-state index >= 15 is 0 Å². The second-order valence-corrected chi connectivity index (χ2v) is 4.80. The van der Waals surface area contributed by atoms with E-state index in [4.69, 9.17) is 18.0 Å². The van der Waals surface area contributed by atoms with Crippen LogP contribution in [0.4, 0.5) is 5.95 Å². The molecular weight excluding hydrogens is 256 g/mol. The first-order chi connectivity index (χ1) is 9.15. The van der Waals surface area contributed by atoms with Gasteiger partial charge in [-0.15, -0.1) is 0 Å². The number of thiocarbonyl (C=S) groups is 1. The Hall–Kier alpha value is -2.01. The van der Waals surface area contributed by atoms with E-state index < -0.39 is 0 Å². The van der Waals surface area contributed by atoms with Gasteiger partial charge in [0.05, 0.1) is 0 Å². The average molecular weight is 272 g/mol. The first-order valence-corrected chi connectivity index (χ1v) is 6.49. The Balaban J connectivity index is 2.01. The maximum Gasteiger partial charge on any atom is 0.223 e. The zero-order valence-electron chi connectivity index (χ0n) is 10.7. The minimum absolute atomic E-state index is 0.226. The van der Waals surface area contributed by atoms with Gasteiger partial charge in [-0.05, 0) is 25.0 Å². The molecule has 5 heteroatoms. The Labute approximate surface area is 118 Å². The number of hydrogen-bond acceptors (Lipinski definition) is 4. The number of nitrogens with two attached hydrogens (primary N) is 1. The molecule has 2 aromatic rings.